The van der Waals surface area contributed by atoms with E-state index in [0.717, 1.165) is 30.1 Å². The Balaban J connectivity index is 0.00000456. The highest BCUT2D eigenvalue weighted by atomic mass is 35.5. The summed E-state index contributed by atoms with van der Waals surface area (Å²) < 4.78 is 28.0. The molecule has 2 heterocycles. The zero-order valence-corrected chi connectivity index (χ0v) is 24.0. The number of nitrogens with one attached hydrogen (secondary N) is 1. The average Bonchev–Trinajstić information content (AvgIpc) is 3.15. The van der Waals surface area contributed by atoms with Gasteiger partial charge in [-0.1, -0.05) is 34.6 Å². The monoisotopic (exact) mass is 556 g/mol. The fourth-order valence-electron chi connectivity index (χ4n) is 4.26. The van der Waals surface area contributed by atoms with Crippen LogP contribution in [0, 0.1) is 11.8 Å². The molecule has 0 saturated heterocycles. The molecule has 0 unspecified atom stereocenters. The number of halogens is 1. The van der Waals surface area contributed by atoms with Gasteiger partial charge in [-0.2, -0.15) is 4.31 Å². The largest absolute Gasteiger partial charge is 0.365 e. The number of likely N-dealkylation sites (N-methyl/N-ethyl adjacent to an activating group) is 1. The van der Waals surface area contributed by atoms with Gasteiger partial charge < -0.3 is 11.1 Å². The summed E-state index contributed by atoms with van der Waals surface area (Å²) in [5, 5.41) is 3.28. The third kappa shape index (κ3) is 6.86. The highest BCUT2D eigenvalue weighted by Gasteiger charge is 2.28. The van der Waals surface area contributed by atoms with E-state index in [0.29, 0.717) is 35.6 Å². The van der Waals surface area contributed by atoms with Gasteiger partial charge in [0.1, 0.15) is 5.00 Å². The SMILES string of the molecule is CCN1CCc2c(sc(NC(=O)c3ccc(S(=O)(=O)N(CC(C)C)CC(C)C)cc3)c2C(N)=O)C1.Cl. The molecule has 1 aromatic heterocycles. The van der Waals surface area contributed by atoms with Crippen molar-refractivity contribution in [3.63, 3.8) is 0 Å². The van der Waals surface area contributed by atoms with E-state index in [1.165, 1.54) is 39.9 Å². The topological polar surface area (TPSA) is 113 Å². The molecule has 200 valence electrons. The first-order chi connectivity index (χ1) is 16.4. The minimum Gasteiger partial charge on any atom is -0.365 e. The van der Waals surface area contributed by atoms with Crippen LogP contribution in [-0.4, -0.2) is 55.6 Å². The molecule has 1 aliphatic rings. The molecule has 0 spiro atoms. The molecule has 2 aromatic rings. The summed E-state index contributed by atoms with van der Waals surface area (Å²) in [7, 11) is -3.68. The third-order valence-corrected chi connectivity index (χ3v) is 8.93. The van der Waals surface area contributed by atoms with Gasteiger partial charge in [-0.15, -0.1) is 23.7 Å². The predicted molar refractivity (Wildman–Crippen MR) is 148 cm³/mol. The average molecular weight is 557 g/mol. The molecule has 8 nitrogen and oxygen atoms in total. The second-order valence-electron chi connectivity index (χ2n) is 9.78. The number of hydrogen-bond acceptors (Lipinski definition) is 6. The Morgan fingerprint density at radius 2 is 1.69 bits per heavy atom. The van der Waals surface area contributed by atoms with E-state index < -0.39 is 21.8 Å². The van der Waals surface area contributed by atoms with Gasteiger partial charge in [-0.05, 0) is 54.6 Å². The van der Waals surface area contributed by atoms with Crippen molar-refractivity contribution < 1.29 is 18.0 Å². The van der Waals surface area contributed by atoms with Crippen molar-refractivity contribution in [3.05, 3.63) is 45.8 Å². The number of primary amides is 1. The predicted octanol–water partition coefficient (Wildman–Crippen LogP) is 4.20. The van der Waals surface area contributed by atoms with Crippen molar-refractivity contribution >= 4 is 50.6 Å². The molecule has 0 aliphatic carbocycles. The quantitative estimate of drug-likeness (QED) is 0.455. The first kappa shape index (κ1) is 30.2. The van der Waals surface area contributed by atoms with Crippen LogP contribution in [0.3, 0.4) is 0 Å². The Morgan fingerprint density at radius 1 is 1.11 bits per heavy atom. The molecule has 1 aromatic carbocycles. The summed E-state index contributed by atoms with van der Waals surface area (Å²) >= 11 is 1.38. The van der Waals surface area contributed by atoms with Gasteiger partial charge in [0, 0.05) is 36.6 Å². The van der Waals surface area contributed by atoms with Crippen LogP contribution in [0.1, 0.15) is 65.8 Å². The Hall–Kier alpha value is -1.98. The van der Waals surface area contributed by atoms with Gasteiger partial charge in [0.25, 0.3) is 11.8 Å². The van der Waals surface area contributed by atoms with E-state index in [-0.39, 0.29) is 29.1 Å². The summed E-state index contributed by atoms with van der Waals surface area (Å²) in [5.41, 5.74) is 7.26. The summed E-state index contributed by atoms with van der Waals surface area (Å²) in [5.74, 6) is -0.591. The minimum atomic E-state index is -3.68. The van der Waals surface area contributed by atoms with Crippen molar-refractivity contribution in [1.29, 1.82) is 0 Å². The van der Waals surface area contributed by atoms with E-state index in [4.69, 9.17) is 5.73 Å². The highest BCUT2D eigenvalue weighted by molar-refractivity contribution is 7.89. The van der Waals surface area contributed by atoms with Gasteiger partial charge in [-0.3, -0.25) is 14.5 Å². The molecule has 0 fully saturated rings. The molecule has 0 atom stereocenters. The summed E-state index contributed by atoms with van der Waals surface area (Å²) in [6, 6.07) is 5.93. The Morgan fingerprint density at radius 3 is 2.19 bits per heavy atom. The van der Waals surface area contributed by atoms with Crippen LogP contribution in [0.4, 0.5) is 5.00 Å². The number of amides is 2. The van der Waals surface area contributed by atoms with Gasteiger partial charge in [-0.25, -0.2) is 8.42 Å². The fourth-order valence-corrected chi connectivity index (χ4v) is 7.32. The lowest BCUT2D eigenvalue weighted by atomic mass is 10.0. The number of fused-ring (bicyclic) bond motifs is 1. The number of thiophene rings is 1. The van der Waals surface area contributed by atoms with Crippen LogP contribution < -0.4 is 11.1 Å². The van der Waals surface area contributed by atoms with Crippen LogP contribution in [0.2, 0.25) is 0 Å². The Labute approximate surface area is 224 Å². The molecule has 2 amide bonds. The number of nitrogens with zero attached hydrogens (tertiary/aromatic N) is 2. The molecule has 11 heteroatoms. The van der Waals surface area contributed by atoms with E-state index in [9.17, 15) is 18.0 Å². The maximum Gasteiger partial charge on any atom is 0.256 e. The van der Waals surface area contributed by atoms with Gasteiger partial charge >= 0.3 is 0 Å². The summed E-state index contributed by atoms with van der Waals surface area (Å²) in [4.78, 5) is 28.6. The number of nitrogens with two attached hydrogens (primary N) is 1. The van der Waals surface area contributed by atoms with E-state index in [1.807, 2.05) is 27.7 Å². The Bertz CT molecular complexity index is 1170. The van der Waals surface area contributed by atoms with Crippen LogP contribution in [0.5, 0.6) is 0 Å². The molecule has 3 rings (SSSR count). The van der Waals surface area contributed by atoms with Crippen molar-refractivity contribution in [2.24, 2.45) is 17.6 Å². The first-order valence-corrected chi connectivity index (χ1v) is 14.3. The molecule has 1 aliphatic heterocycles. The van der Waals surface area contributed by atoms with Crippen LogP contribution >= 0.6 is 23.7 Å². The maximum absolute atomic E-state index is 13.2. The van der Waals surface area contributed by atoms with E-state index in [2.05, 4.69) is 17.1 Å². The third-order valence-electron chi connectivity index (χ3n) is 5.95. The number of hydrogen-bond donors (Lipinski definition) is 2. The van der Waals surface area contributed by atoms with Crippen molar-refractivity contribution in [2.45, 2.75) is 52.5 Å². The Kier molecular flexibility index (Phi) is 10.5. The zero-order valence-electron chi connectivity index (χ0n) is 21.5. The lowest BCUT2D eigenvalue weighted by Crippen LogP contribution is -2.37. The standard InChI is InChI=1S/C25H36N4O4S2.ClH/c1-6-28-12-11-20-21(15-28)34-25(22(20)23(26)30)27-24(31)18-7-9-19(10-8-18)35(32,33)29(13-16(2)3)14-17(4)5;/h7-10,16-17H,6,11-15H2,1-5H3,(H2,26,30)(H,27,31);1H. The summed E-state index contributed by atoms with van der Waals surface area (Å²) in [6.07, 6.45) is 0.712. The number of carbonyl (C=O) groups is 2. The molecule has 36 heavy (non-hydrogen) atoms. The molecule has 0 saturated carbocycles. The lowest BCUT2D eigenvalue weighted by Gasteiger charge is -2.25. The smallest absolute Gasteiger partial charge is 0.256 e. The van der Waals surface area contributed by atoms with Crippen molar-refractivity contribution in [3.8, 4) is 0 Å². The molecule has 0 bridgehead atoms. The van der Waals surface area contributed by atoms with Gasteiger partial charge in [0.15, 0.2) is 0 Å². The van der Waals surface area contributed by atoms with Crippen LogP contribution in [-0.2, 0) is 23.0 Å². The normalized spacial score (nSPS) is 14.1. The molecular weight excluding hydrogens is 520 g/mol. The maximum atomic E-state index is 13.2. The number of sulfonamides is 1. The van der Waals surface area contributed by atoms with Crippen LogP contribution in [0.15, 0.2) is 29.2 Å². The zero-order chi connectivity index (χ0) is 25.9. The second kappa shape index (κ2) is 12.5. The van der Waals surface area contributed by atoms with E-state index in [1.54, 1.807) is 0 Å². The number of benzene rings is 1. The van der Waals surface area contributed by atoms with Gasteiger partial charge in [0.2, 0.25) is 10.0 Å². The molecule has 3 N–H and O–H groups in total. The van der Waals surface area contributed by atoms with Crippen molar-refractivity contribution in [1.82, 2.24) is 9.21 Å². The van der Waals surface area contributed by atoms with E-state index >= 15 is 0 Å². The molecule has 0 radical (unpaired) electrons. The number of anilines is 1. The highest BCUT2D eigenvalue weighted by Crippen LogP contribution is 2.37. The van der Waals surface area contributed by atoms with Crippen LogP contribution in [0.25, 0.3) is 0 Å². The summed E-state index contributed by atoms with van der Waals surface area (Å²) in [6.45, 7) is 13.4. The van der Waals surface area contributed by atoms with Gasteiger partial charge in [0.05, 0.1) is 10.5 Å². The number of carbonyl (C=O) groups excluding carboxylic acids is 2. The van der Waals surface area contributed by atoms with Crippen molar-refractivity contribution in [2.75, 3.05) is 31.5 Å². The first-order valence-electron chi connectivity index (χ1n) is 12.0. The number of rotatable bonds is 10. The fraction of sp³-hybridized carbons (Fsp3) is 0.520. The molecular formula is C25H37ClN4O4S2. The minimum absolute atomic E-state index is 0. The lowest BCUT2D eigenvalue weighted by molar-refractivity contribution is 0.1000. The second-order valence-corrected chi connectivity index (χ2v) is 12.8.